The van der Waals surface area contributed by atoms with Gasteiger partial charge < -0.3 is 5.11 Å². The van der Waals surface area contributed by atoms with Crippen molar-refractivity contribution < 1.29 is 9.90 Å². The van der Waals surface area contributed by atoms with Crippen LogP contribution in [0.25, 0.3) is 0 Å². The number of hydrogen-bond acceptors (Lipinski definition) is 1. The summed E-state index contributed by atoms with van der Waals surface area (Å²) in [5.74, 6) is -0.154. The highest BCUT2D eigenvalue weighted by Gasteiger charge is 2.09. The maximum Gasteiger partial charge on any atom is 0.306 e. The fourth-order valence-electron chi connectivity index (χ4n) is 0.956. The molecular weight excluding hydrogens is 140 g/mol. The number of carbonyl (C=O) groups is 1. The molecule has 0 aromatic heterocycles. The number of carboxylic acids is 1. The predicted octanol–water partition coefficient (Wildman–Crippen LogP) is 2.53. The molecule has 0 aliphatic heterocycles. The molecule has 0 aromatic carbocycles. The quantitative estimate of drug-likeness (QED) is 0.667. The molecule has 1 atom stereocenters. The third kappa shape index (κ3) is 5.89. The Morgan fingerprint density at radius 1 is 1.27 bits per heavy atom. The summed E-state index contributed by atoms with van der Waals surface area (Å²) >= 11 is 0. The first-order valence-corrected chi connectivity index (χ1v) is 4.26. The van der Waals surface area contributed by atoms with Crippen molar-refractivity contribution in [2.45, 2.75) is 40.0 Å². The fraction of sp³-hybridized carbons (Fsp3) is 0.889. The average Bonchev–Trinajstić information content (AvgIpc) is 1.86. The minimum Gasteiger partial charge on any atom is -0.481 e. The van der Waals surface area contributed by atoms with Crippen LogP contribution in [-0.2, 0) is 4.79 Å². The van der Waals surface area contributed by atoms with Crippen LogP contribution in [0.1, 0.15) is 40.0 Å². The largest absolute Gasteiger partial charge is 0.481 e. The summed E-state index contributed by atoms with van der Waals surface area (Å²) in [6, 6.07) is 0. The highest BCUT2D eigenvalue weighted by atomic mass is 16.4. The third-order valence-corrected chi connectivity index (χ3v) is 1.84. The standard InChI is InChI=1S/C9H18O2/c1-7(2)5-4-6-8(3)9(10)11/h7-8H,4-6H2,1-3H3,(H,10,11). The average molecular weight is 158 g/mol. The van der Waals surface area contributed by atoms with Crippen LogP contribution < -0.4 is 0 Å². The van der Waals surface area contributed by atoms with Gasteiger partial charge in [-0.05, 0) is 12.3 Å². The molecule has 0 fully saturated rings. The SMILES string of the molecule is CC(C)CCCC(C)C(=O)O. The van der Waals surface area contributed by atoms with Gasteiger partial charge in [-0.2, -0.15) is 0 Å². The first-order valence-electron chi connectivity index (χ1n) is 4.26. The molecule has 0 heterocycles. The van der Waals surface area contributed by atoms with Gasteiger partial charge >= 0.3 is 5.97 Å². The van der Waals surface area contributed by atoms with Crippen LogP contribution in [0.4, 0.5) is 0 Å². The van der Waals surface area contributed by atoms with Gasteiger partial charge in [0, 0.05) is 0 Å². The van der Waals surface area contributed by atoms with Crippen molar-refractivity contribution in [3.05, 3.63) is 0 Å². The lowest BCUT2D eigenvalue weighted by Crippen LogP contribution is -2.09. The smallest absolute Gasteiger partial charge is 0.306 e. The maximum absolute atomic E-state index is 10.4. The molecule has 1 N–H and O–H groups in total. The van der Waals surface area contributed by atoms with Crippen molar-refractivity contribution in [1.82, 2.24) is 0 Å². The van der Waals surface area contributed by atoms with Gasteiger partial charge in [-0.15, -0.1) is 0 Å². The van der Waals surface area contributed by atoms with Crippen LogP contribution in [-0.4, -0.2) is 11.1 Å². The van der Waals surface area contributed by atoms with Crippen molar-refractivity contribution in [2.24, 2.45) is 11.8 Å². The first kappa shape index (κ1) is 10.5. The number of aliphatic carboxylic acids is 1. The van der Waals surface area contributed by atoms with E-state index in [4.69, 9.17) is 5.11 Å². The zero-order chi connectivity index (χ0) is 8.85. The van der Waals surface area contributed by atoms with E-state index in [0.29, 0.717) is 5.92 Å². The molecule has 0 aliphatic rings. The highest BCUT2D eigenvalue weighted by Crippen LogP contribution is 2.11. The lowest BCUT2D eigenvalue weighted by atomic mass is 10.00. The molecule has 0 aliphatic carbocycles. The van der Waals surface area contributed by atoms with Gasteiger partial charge in [-0.3, -0.25) is 4.79 Å². The van der Waals surface area contributed by atoms with Crippen molar-refractivity contribution in [1.29, 1.82) is 0 Å². The third-order valence-electron chi connectivity index (χ3n) is 1.84. The minimum absolute atomic E-state index is 0.172. The molecule has 0 amide bonds. The minimum atomic E-state index is -0.672. The molecule has 0 bridgehead atoms. The molecule has 11 heavy (non-hydrogen) atoms. The molecule has 0 rings (SSSR count). The maximum atomic E-state index is 10.4. The number of hydrogen-bond donors (Lipinski definition) is 1. The van der Waals surface area contributed by atoms with E-state index in [2.05, 4.69) is 13.8 Å². The summed E-state index contributed by atoms with van der Waals surface area (Å²) < 4.78 is 0. The Hall–Kier alpha value is -0.530. The van der Waals surface area contributed by atoms with Crippen LogP contribution in [0.15, 0.2) is 0 Å². The van der Waals surface area contributed by atoms with Crippen molar-refractivity contribution in [3.8, 4) is 0 Å². The van der Waals surface area contributed by atoms with Crippen molar-refractivity contribution in [2.75, 3.05) is 0 Å². The van der Waals surface area contributed by atoms with Crippen LogP contribution in [0, 0.1) is 11.8 Å². The molecule has 1 unspecified atom stereocenters. The van der Waals surface area contributed by atoms with Gasteiger partial charge in [0.25, 0.3) is 0 Å². The molecule has 66 valence electrons. The Kier molecular flexibility index (Phi) is 4.92. The van der Waals surface area contributed by atoms with Gasteiger partial charge in [0.15, 0.2) is 0 Å². The van der Waals surface area contributed by atoms with E-state index >= 15 is 0 Å². The normalized spacial score (nSPS) is 13.5. The Labute approximate surface area is 68.6 Å². The summed E-state index contributed by atoms with van der Waals surface area (Å²) in [4.78, 5) is 10.4. The topological polar surface area (TPSA) is 37.3 Å². The molecule has 0 aromatic rings. The van der Waals surface area contributed by atoms with Gasteiger partial charge in [0.2, 0.25) is 0 Å². The molecular formula is C9H18O2. The van der Waals surface area contributed by atoms with E-state index in [9.17, 15) is 4.79 Å². The van der Waals surface area contributed by atoms with Crippen molar-refractivity contribution >= 4 is 5.97 Å². The molecule has 2 nitrogen and oxygen atoms in total. The fourth-order valence-corrected chi connectivity index (χ4v) is 0.956. The number of carboxylic acid groups (broad SMARTS) is 1. The second-order valence-electron chi connectivity index (χ2n) is 3.56. The Balaban J connectivity index is 3.31. The lowest BCUT2D eigenvalue weighted by molar-refractivity contribution is -0.141. The van der Waals surface area contributed by atoms with Crippen LogP contribution in [0.2, 0.25) is 0 Å². The van der Waals surface area contributed by atoms with Crippen LogP contribution >= 0.6 is 0 Å². The van der Waals surface area contributed by atoms with E-state index in [-0.39, 0.29) is 5.92 Å². The Morgan fingerprint density at radius 3 is 2.18 bits per heavy atom. The van der Waals surface area contributed by atoms with Gasteiger partial charge in [0.1, 0.15) is 0 Å². The van der Waals surface area contributed by atoms with E-state index in [1.54, 1.807) is 6.92 Å². The predicted molar refractivity (Wildman–Crippen MR) is 45.5 cm³/mol. The Morgan fingerprint density at radius 2 is 1.82 bits per heavy atom. The second kappa shape index (κ2) is 5.16. The van der Waals surface area contributed by atoms with E-state index in [1.807, 2.05) is 0 Å². The molecule has 0 saturated heterocycles. The zero-order valence-corrected chi connectivity index (χ0v) is 7.63. The highest BCUT2D eigenvalue weighted by molar-refractivity contribution is 5.69. The van der Waals surface area contributed by atoms with Crippen LogP contribution in [0.5, 0.6) is 0 Å². The monoisotopic (exact) mass is 158 g/mol. The van der Waals surface area contributed by atoms with Gasteiger partial charge in [-0.1, -0.05) is 33.6 Å². The first-order chi connectivity index (χ1) is 5.04. The molecule has 0 radical (unpaired) electrons. The van der Waals surface area contributed by atoms with Crippen molar-refractivity contribution in [3.63, 3.8) is 0 Å². The summed E-state index contributed by atoms with van der Waals surface area (Å²) in [6.07, 6.45) is 2.98. The van der Waals surface area contributed by atoms with E-state index < -0.39 is 5.97 Å². The lowest BCUT2D eigenvalue weighted by Gasteiger charge is -2.06. The van der Waals surface area contributed by atoms with Gasteiger partial charge in [0.05, 0.1) is 5.92 Å². The molecule has 0 spiro atoms. The second-order valence-corrected chi connectivity index (χ2v) is 3.56. The zero-order valence-electron chi connectivity index (χ0n) is 7.63. The molecule has 2 heteroatoms. The summed E-state index contributed by atoms with van der Waals surface area (Å²) in [6.45, 7) is 6.08. The van der Waals surface area contributed by atoms with Gasteiger partial charge in [-0.25, -0.2) is 0 Å². The number of rotatable bonds is 5. The van der Waals surface area contributed by atoms with E-state index in [1.165, 1.54) is 0 Å². The summed E-state index contributed by atoms with van der Waals surface area (Å²) in [7, 11) is 0. The van der Waals surface area contributed by atoms with Crippen LogP contribution in [0.3, 0.4) is 0 Å². The summed E-state index contributed by atoms with van der Waals surface area (Å²) in [5, 5.41) is 8.55. The Bertz CT molecular complexity index is 119. The summed E-state index contributed by atoms with van der Waals surface area (Å²) in [5.41, 5.74) is 0. The molecule has 0 saturated carbocycles. The van der Waals surface area contributed by atoms with E-state index in [0.717, 1.165) is 19.3 Å².